The van der Waals surface area contributed by atoms with Gasteiger partial charge in [0.15, 0.2) is 0 Å². The maximum absolute atomic E-state index is 9.25. The second-order valence-electron chi connectivity index (χ2n) is 2.92. The topological polar surface area (TPSA) is 46.2 Å². The molecule has 0 heterocycles. The first-order valence-corrected chi connectivity index (χ1v) is 3.47. The monoisotopic (exact) mass is 128 g/mol. The standard InChI is InChI=1S/C7H14NO/c1-5-2-3-6(8)4-7(5)9/h3,5-7,9H,2,4,8H2,1H3/q+1. The maximum atomic E-state index is 9.25. The lowest BCUT2D eigenvalue weighted by molar-refractivity contribution is 0.0863. The van der Waals surface area contributed by atoms with Gasteiger partial charge in [-0.05, 0) is 0 Å². The zero-order chi connectivity index (χ0) is 6.85. The summed E-state index contributed by atoms with van der Waals surface area (Å²) in [5.41, 5.74) is 5.57. The van der Waals surface area contributed by atoms with Crippen molar-refractivity contribution in [1.82, 2.24) is 0 Å². The van der Waals surface area contributed by atoms with Crippen molar-refractivity contribution in [3.8, 4) is 0 Å². The van der Waals surface area contributed by atoms with Crippen LogP contribution in [0.15, 0.2) is 0 Å². The molecule has 3 unspecified atom stereocenters. The Morgan fingerprint density at radius 2 is 2.33 bits per heavy atom. The molecule has 3 atom stereocenters. The van der Waals surface area contributed by atoms with Crippen LogP contribution in [-0.4, -0.2) is 17.3 Å². The third kappa shape index (κ3) is 1.60. The molecule has 3 N–H and O–H groups in total. The van der Waals surface area contributed by atoms with E-state index >= 15 is 0 Å². The van der Waals surface area contributed by atoms with Crippen LogP contribution in [0.25, 0.3) is 0 Å². The number of aliphatic hydroxyl groups is 1. The van der Waals surface area contributed by atoms with E-state index in [9.17, 15) is 5.11 Å². The number of nitrogens with two attached hydrogens (primary N) is 1. The summed E-state index contributed by atoms with van der Waals surface area (Å²) in [7, 11) is 0. The minimum Gasteiger partial charge on any atom is -0.392 e. The van der Waals surface area contributed by atoms with E-state index in [4.69, 9.17) is 5.73 Å². The maximum Gasteiger partial charge on any atom is 0.149 e. The van der Waals surface area contributed by atoms with Crippen LogP contribution in [0.4, 0.5) is 0 Å². The smallest absolute Gasteiger partial charge is 0.149 e. The molecular formula is C7H14NO+. The predicted molar refractivity (Wildman–Crippen MR) is 36.7 cm³/mol. The highest BCUT2D eigenvalue weighted by molar-refractivity contribution is 4.91. The fourth-order valence-electron chi connectivity index (χ4n) is 1.15. The van der Waals surface area contributed by atoms with Crippen molar-refractivity contribution in [1.29, 1.82) is 0 Å². The van der Waals surface area contributed by atoms with E-state index in [-0.39, 0.29) is 12.1 Å². The van der Waals surface area contributed by atoms with Crippen LogP contribution in [0, 0.1) is 12.3 Å². The highest BCUT2D eigenvalue weighted by Gasteiger charge is 2.29. The summed E-state index contributed by atoms with van der Waals surface area (Å²) in [6.07, 6.45) is 3.60. The minimum absolute atomic E-state index is 0.121. The Morgan fingerprint density at radius 1 is 1.67 bits per heavy atom. The second-order valence-corrected chi connectivity index (χ2v) is 2.92. The Bertz CT molecular complexity index is 94.9. The van der Waals surface area contributed by atoms with Gasteiger partial charge in [-0.1, -0.05) is 6.92 Å². The average molecular weight is 128 g/mol. The van der Waals surface area contributed by atoms with Gasteiger partial charge < -0.3 is 5.11 Å². The molecule has 0 radical (unpaired) electrons. The van der Waals surface area contributed by atoms with E-state index < -0.39 is 0 Å². The fourth-order valence-corrected chi connectivity index (χ4v) is 1.15. The van der Waals surface area contributed by atoms with E-state index in [0.29, 0.717) is 5.92 Å². The zero-order valence-electron chi connectivity index (χ0n) is 5.75. The summed E-state index contributed by atoms with van der Waals surface area (Å²) in [4.78, 5) is 0. The van der Waals surface area contributed by atoms with Gasteiger partial charge in [0, 0.05) is 12.3 Å². The molecule has 1 aliphatic carbocycles. The first-order chi connectivity index (χ1) is 4.20. The van der Waals surface area contributed by atoms with Gasteiger partial charge in [-0.15, -0.1) is 0 Å². The molecule has 0 saturated heterocycles. The highest BCUT2D eigenvalue weighted by Crippen LogP contribution is 2.21. The van der Waals surface area contributed by atoms with Crippen molar-refractivity contribution in [3.63, 3.8) is 0 Å². The van der Waals surface area contributed by atoms with E-state index in [0.717, 1.165) is 12.8 Å². The normalized spacial score (nSPS) is 44.1. The molecule has 0 amide bonds. The van der Waals surface area contributed by atoms with Crippen LogP contribution in [-0.2, 0) is 0 Å². The second kappa shape index (κ2) is 2.58. The quantitative estimate of drug-likeness (QED) is 0.461. The van der Waals surface area contributed by atoms with Crippen molar-refractivity contribution in [2.24, 2.45) is 11.7 Å². The SMILES string of the molecule is CC1C[CH+]C(N)CC1O. The van der Waals surface area contributed by atoms with Crippen LogP contribution in [0.5, 0.6) is 0 Å². The first-order valence-electron chi connectivity index (χ1n) is 3.47. The van der Waals surface area contributed by atoms with Crippen molar-refractivity contribution >= 4 is 0 Å². The van der Waals surface area contributed by atoms with Gasteiger partial charge in [0.25, 0.3) is 0 Å². The minimum atomic E-state index is -0.176. The Morgan fingerprint density at radius 3 is 2.78 bits per heavy atom. The molecule has 2 nitrogen and oxygen atoms in total. The highest BCUT2D eigenvalue weighted by atomic mass is 16.3. The van der Waals surface area contributed by atoms with Crippen LogP contribution < -0.4 is 5.73 Å². The molecule has 1 aliphatic rings. The number of rotatable bonds is 0. The lowest BCUT2D eigenvalue weighted by Crippen LogP contribution is -2.35. The van der Waals surface area contributed by atoms with Gasteiger partial charge in [-0.3, -0.25) is 5.73 Å². The van der Waals surface area contributed by atoms with Crippen molar-refractivity contribution in [2.45, 2.75) is 31.9 Å². The molecule has 0 aromatic rings. The molecule has 1 fully saturated rings. The summed E-state index contributed by atoms with van der Waals surface area (Å²) >= 11 is 0. The molecule has 0 aromatic heterocycles. The fraction of sp³-hybridized carbons (Fsp3) is 0.857. The van der Waals surface area contributed by atoms with Gasteiger partial charge in [0.05, 0.1) is 18.9 Å². The Balaban J connectivity index is 2.35. The molecular weight excluding hydrogens is 114 g/mol. The molecule has 2 heteroatoms. The van der Waals surface area contributed by atoms with Crippen LogP contribution in [0.1, 0.15) is 19.8 Å². The summed E-state index contributed by atoms with van der Waals surface area (Å²) in [5, 5.41) is 9.25. The molecule has 1 saturated carbocycles. The van der Waals surface area contributed by atoms with E-state index in [1.807, 2.05) is 6.92 Å². The van der Waals surface area contributed by atoms with E-state index in [2.05, 4.69) is 6.42 Å². The third-order valence-electron chi connectivity index (χ3n) is 1.98. The van der Waals surface area contributed by atoms with Gasteiger partial charge in [-0.2, -0.15) is 0 Å². The molecule has 0 aromatic carbocycles. The van der Waals surface area contributed by atoms with Crippen LogP contribution in [0.2, 0.25) is 0 Å². The lowest BCUT2D eigenvalue weighted by Gasteiger charge is -2.21. The molecule has 1 rings (SSSR count). The molecule has 0 bridgehead atoms. The molecule has 9 heavy (non-hydrogen) atoms. The Labute approximate surface area is 56.1 Å². The number of hydrogen-bond donors (Lipinski definition) is 2. The predicted octanol–water partition coefficient (Wildman–Crippen LogP) is 0.309. The van der Waals surface area contributed by atoms with Gasteiger partial charge in [0.1, 0.15) is 6.04 Å². The van der Waals surface area contributed by atoms with E-state index in [1.54, 1.807) is 0 Å². The molecule has 0 aliphatic heterocycles. The van der Waals surface area contributed by atoms with Crippen LogP contribution in [0.3, 0.4) is 0 Å². The van der Waals surface area contributed by atoms with E-state index in [1.165, 1.54) is 0 Å². The first kappa shape index (κ1) is 6.90. The number of hydrogen-bond acceptors (Lipinski definition) is 2. The zero-order valence-corrected chi connectivity index (χ0v) is 5.75. The summed E-state index contributed by atoms with van der Waals surface area (Å²) in [5.74, 6) is 0.407. The summed E-state index contributed by atoms with van der Waals surface area (Å²) < 4.78 is 0. The van der Waals surface area contributed by atoms with Crippen molar-refractivity contribution in [2.75, 3.05) is 0 Å². The van der Waals surface area contributed by atoms with Crippen molar-refractivity contribution < 1.29 is 5.11 Å². The summed E-state index contributed by atoms with van der Waals surface area (Å²) in [6, 6.07) is 0.121. The summed E-state index contributed by atoms with van der Waals surface area (Å²) in [6.45, 7) is 2.05. The van der Waals surface area contributed by atoms with Gasteiger partial charge in [0.2, 0.25) is 0 Å². The Hall–Kier alpha value is -0.210. The van der Waals surface area contributed by atoms with Crippen LogP contribution >= 0.6 is 0 Å². The van der Waals surface area contributed by atoms with Crippen molar-refractivity contribution in [3.05, 3.63) is 6.42 Å². The van der Waals surface area contributed by atoms with Gasteiger partial charge >= 0.3 is 0 Å². The average Bonchev–Trinajstić information content (AvgIpc) is 1.80. The molecule has 52 valence electrons. The Kier molecular flexibility index (Phi) is 1.98. The number of aliphatic hydroxyl groups excluding tert-OH is 1. The van der Waals surface area contributed by atoms with Gasteiger partial charge in [-0.25, -0.2) is 0 Å². The third-order valence-corrected chi connectivity index (χ3v) is 1.98. The lowest BCUT2D eigenvalue weighted by atomic mass is 9.85. The largest absolute Gasteiger partial charge is 0.392 e. The molecule has 0 spiro atoms.